The molecule has 1 aliphatic rings. The maximum absolute atomic E-state index is 13.4. The molecule has 1 N–H and O–H groups in total. The van der Waals surface area contributed by atoms with Gasteiger partial charge < -0.3 is 10.2 Å². The normalized spacial score (nSPS) is 16.4. The van der Waals surface area contributed by atoms with Crippen molar-refractivity contribution in [2.75, 3.05) is 18.4 Å². The van der Waals surface area contributed by atoms with Gasteiger partial charge >= 0.3 is 0 Å². The van der Waals surface area contributed by atoms with Gasteiger partial charge in [-0.15, -0.1) is 11.3 Å². The van der Waals surface area contributed by atoms with E-state index in [4.69, 9.17) is 11.6 Å². The first-order valence-electron chi connectivity index (χ1n) is 10.3. The van der Waals surface area contributed by atoms with E-state index >= 15 is 0 Å². The molecule has 4 rings (SSSR count). The van der Waals surface area contributed by atoms with Crippen molar-refractivity contribution >= 4 is 50.7 Å². The average molecular weight is 477 g/mol. The van der Waals surface area contributed by atoms with Gasteiger partial charge in [0.1, 0.15) is 17.2 Å². The number of fused-ring (bicyclic) bond motifs is 1. The standard InChI is InChI=1S/C22H22ClFN4O3S/c1-12-4-3-7-27(9-12)17(29)10-28-11-25-21-18(22(28)31)13(2)19(32-21)20(30)26-14-5-6-16(24)15(23)8-14/h5-6,8,11-12H,3-4,7,9-10H2,1-2H3,(H,26,30). The number of hydrogen-bond donors (Lipinski definition) is 1. The maximum Gasteiger partial charge on any atom is 0.266 e. The van der Waals surface area contributed by atoms with Crippen LogP contribution in [-0.4, -0.2) is 39.4 Å². The average Bonchev–Trinajstić information content (AvgIpc) is 3.10. The van der Waals surface area contributed by atoms with Gasteiger partial charge in [0.05, 0.1) is 21.6 Å². The topological polar surface area (TPSA) is 84.3 Å². The highest BCUT2D eigenvalue weighted by Gasteiger charge is 2.23. The molecule has 1 unspecified atom stereocenters. The fourth-order valence-electron chi connectivity index (χ4n) is 3.91. The molecule has 1 fully saturated rings. The monoisotopic (exact) mass is 476 g/mol. The second kappa shape index (κ2) is 8.99. The molecule has 168 valence electrons. The molecule has 1 aliphatic heterocycles. The second-order valence-electron chi connectivity index (χ2n) is 8.08. The lowest BCUT2D eigenvalue weighted by Gasteiger charge is -2.31. The number of amides is 2. The van der Waals surface area contributed by atoms with Gasteiger partial charge in [-0.25, -0.2) is 9.37 Å². The Morgan fingerprint density at radius 2 is 2.16 bits per heavy atom. The van der Waals surface area contributed by atoms with E-state index in [2.05, 4.69) is 17.2 Å². The number of rotatable bonds is 4. The highest BCUT2D eigenvalue weighted by atomic mass is 35.5. The Labute approximate surface area is 192 Å². The van der Waals surface area contributed by atoms with Crippen LogP contribution in [0.2, 0.25) is 5.02 Å². The van der Waals surface area contributed by atoms with E-state index in [-0.39, 0.29) is 23.0 Å². The van der Waals surface area contributed by atoms with Crippen LogP contribution in [0.3, 0.4) is 0 Å². The van der Waals surface area contributed by atoms with Crippen LogP contribution >= 0.6 is 22.9 Å². The summed E-state index contributed by atoms with van der Waals surface area (Å²) in [5.41, 5.74) is 0.470. The number of nitrogens with zero attached hydrogens (tertiary/aromatic N) is 3. The third-order valence-electron chi connectivity index (χ3n) is 5.62. The van der Waals surface area contributed by atoms with Crippen molar-refractivity contribution in [3.63, 3.8) is 0 Å². The molecule has 0 bridgehead atoms. The molecular weight excluding hydrogens is 455 g/mol. The van der Waals surface area contributed by atoms with Crippen molar-refractivity contribution in [3.8, 4) is 0 Å². The highest BCUT2D eigenvalue weighted by Crippen LogP contribution is 2.28. The number of carbonyl (C=O) groups is 2. The summed E-state index contributed by atoms with van der Waals surface area (Å²) in [5.74, 6) is -0.696. The van der Waals surface area contributed by atoms with Gasteiger partial charge in [0.15, 0.2) is 0 Å². The zero-order valence-corrected chi connectivity index (χ0v) is 19.2. The van der Waals surface area contributed by atoms with Gasteiger partial charge in [-0.05, 0) is 49.4 Å². The number of aromatic nitrogens is 2. The van der Waals surface area contributed by atoms with Crippen molar-refractivity contribution in [2.45, 2.75) is 33.2 Å². The SMILES string of the molecule is Cc1c(C(=O)Nc2ccc(F)c(Cl)c2)sc2ncn(CC(=O)N3CCCC(C)C3)c(=O)c12. The predicted molar refractivity (Wildman–Crippen MR) is 123 cm³/mol. The van der Waals surface area contributed by atoms with Crippen molar-refractivity contribution in [2.24, 2.45) is 5.92 Å². The Morgan fingerprint density at radius 1 is 1.38 bits per heavy atom. The number of thiophene rings is 1. The fourth-order valence-corrected chi connectivity index (χ4v) is 5.13. The molecule has 3 heterocycles. The summed E-state index contributed by atoms with van der Waals surface area (Å²) >= 11 is 6.86. The number of carbonyl (C=O) groups excluding carboxylic acids is 2. The minimum absolute atomic E-state index is 0.0839. The van der Waals surface area contributed by atoms with Gasteiger partial charge in [0.2, 0.25) is 5.91 Å². The summed E-state index contributed by atoms with van der Waals surface area (Å²) in [7, 11) is 0. The molecule has 2 aromatic heterocycles. The maximum atomic E-state index is 13.4. The van der Waals surface area contributed by atoms with E-state index in [0.29, 0.717) is 45.4 Å². The van der Waals surface area contributed by atoms with E-state index in [0.717, 1.165) is 30.2 Å². The van der Waals surface area contributed by atoms with Crippen LogP contribution in [0.1, 0.15) is 35.0 Å². The minimum atomic E-state index is -0.582. The summed E-state index contributed by atoms with van der Waals surface area (Å²) in [4.78, 5) is 45.4. The molecule has 0 spiro atoms. The summed E-state index contributed by atoms with van der Waals surface area (Å²) in [6, 6.07) is 3.88. The van der Waals surface area contributed by atoms with Crippen molar-refractivity contribution in [1.29, 1.82) is 0 Å². The number of anilines is 1. The smallest absolute Gasteiger partial charge is 0.266 e. The molecule has 32 heavy (non-hydrogen) atoms. The van der Waals surface area contributed by atoms with Crippen molar-refractivity contribution in [3.05, 3.63) is 56.2 Å². The van der Waals surface area contributed by atoms with E-state index in [1.807, 2.05) is 0 Å². The van der Waals surface area contributed by atoms with Gasteiger partial charge in [0.25, 0.3) is 11.5 Å². The van der Waals surface area contributed by atoms with E-state index in [1.165, 1.54) is 23.0 Å². The summed E-state index contributed by atoms with van der Waals surface area (Å²) in [6.45, 7) is 5.09. The quantitative estimate of drug-likeness (QED) is 0.615. The fraction of sp³-hybridized carbons (Fsp3) is 0.364. The molecule has 3 aromatic rings. The molecule has 1 aromatic carbocycles. The molecule has 7 nitrogen and oxygen atoms in total. The Kier molecular flexibility index (Phi) is 6.30. The number of nitrogens with one attached hydrogen (secondary N) is 1. The van der Waals surface area contributed by atoms with Gasteiger partial charge in [-0.1, -0.05) is 18.5 Å². The number of piperidine rings is 1. The minimum Gasteiger partial charge on any atom is -0.341 e. The third-order valence-corrected chi connectivity index (χ3v) is 7.10. The van der Waals surface area contributed by atoms with Crippen LogP contribution < -0.4 is 10.9 Å². The Balaban J connectivity index is 1.59. The lowest BCUT2D eigenvalue weighted by atomic mass is 10.0. The number of aryl methyl sites for hydroxylation is 1. The van der Waals surface area contributed by atoms with Crippen LogP contribution in [0.4, 0.5) is 10.1 Å². The van der Waals surface area contributed by atoms with E-state index in [1.54, 1.807) is 11.8 Å². The molecule has 10 heteroatoms. The number of benzene rings is 1. The third kappa shape index (κ3) is 4.40. The first-order valence-corrected chi connectivity index (χ1v) is 11.5. The zero-order valence-electron chi connectivity index (χ0n) is 17.7. The Morgan fingerprint density at radius 3 is 2.88 bits per heavy atom. The van der Waals surface area contributed by atoms with E-state index < -0.39 is 11.7 Å². The summed E-state index contributed by atoms with van der Waals surface area (Å²) < 4.78 is 14.7. The molecule has 0 saturated carbocycles. The largest absolute Gasteiger partial charge is 0.341 e. The first-order chi connectivity index (χ1) is 15.2. The molecule has 1 saturated heterocycles. The highest BCUT2D eigenvalue weighted by molar-refractivity contribution is 7.20. The zero-order chi connectivity index (χ0) is 23.0. The summed E-state index contributed by atoms with van der Waals surface area (Å²) in [6.07, 6.45) is 3.41. The van der Waals surface area contributed by atoms with Crippen molar-refractivity contribution in [1.82, 2.24) is 14.5 Å². The Bertz CT molecular complexity index is 1270. The molecule has 1 atom stereocenters. The van der Waals surface area contributed by atoms with Crippen molar-refractivity contribution < 1.29 is 14.0 Å². The van der Waals surface area contributed by atoms with Crippen LogP contribution in [0.5, 0.6) is 0 Å². The number of likely N-dealkylation sites (tertiary alicyclic amines) is 1. The summed E-state index contributed by atoms with van der Waals surface area (Å²) in [5, 5.41) is 2.88. The lowest BCUT2D eigenvalue weighted by molar-refractivity contribution is -0.133. The van der Waals surface area contributed by atoms with E-state index in [9.17, 15) is 18.8 Å². The Hall–Kier alpha value is -2.78. The molecular formula is C22H22ClFN4O3S. The van der Waals surface area contributed by atoms with Crippen LogP contribution in [-0.2, 0) is 11.3 Å². The first kappa shape index (κ1) is 22.4. The number of hydrogen-bond acceptors (Lipinski definition) is 5. The lowest BCUT2D eigenvalue weighted by Crippen LogP contribution is -2.42. The van der Waals surface area contributed by atoms with Crippen LogP contribution in [0.25, 0.3) is 10.2 Å². The van der Waals surface area contributed by atoms with Gasteiger partial charge in [-0.2, -0.15) is 0 Å². The molecule has 2 amide bonds. The van der Waals surface area contributed by atoms with Crippen LogP contribution in [0, 0.1) is 18.7 Å². The van der Waals surface area contributed by atoms with Crippen LogP contribution in [0.15, 0.2) is 29.3 Å². The predicted octanol–water partition coefficient (Wildman–Crippen LogP) is 4.07. The van der Waals surface area contributed by atoms with Gasteiger partial charge in [-0.3, -0.25) is 19.0 Å². The van der Waals surface area contributed by atoms with Gasteiger partial charge in [0, 0.05) is 18.8 Å². The second-order valence-corrected chi connectivity index (χ2v) is 9.49. The number of halogens is 2. The molecule has 0 aliphatic carbocycles. The molecule has 0 radical (unpaired) electrons.